The lowest BCUT2D eigenvalue weighted by Gasteiger charge is -2.30. The molecule has 1 aliphatic carbocycles. The van der Waals surface area contributed by atoms with Gasteiger partial charge in [0.15, 0.2) is 17.5 Å². The van der Waals surface area contributed by atoms with Gasteiger partial charge in [0.05, 0.1) is 14.2 Å². The van der Waals surface area contributed by atoms with Crippen molar-refractivity contribution in [3.63, 3.8) is 0 Å². The Labute approximate surface area is 170 Å². The first-order chi connectivity index (χ1) is 13.7. The number of hydrogen-bond acceptors (Lipinski definition) is 4. The Kier molecular flexibility index (Phi) is 9.41. The summed E-state index contributed by atoms with van der Waals surface area (Å²) >= 11 is 0. The average molecular weight is 392 g/mol. The molecule has 0 amide bonds. The van der Waals surface area contributed by atoms with E-state index in [2.05, 4.69) is 21.7 Å². The predicted molar refractivity (Wildman–Crippen MR) is 115 cm³/mol. The minimum atomic E-state index is 0.354. The molecule has 0 spiro atoms. The highest BCUT2D eigenvalue weighted by Gasteiger charge is 2.33. The van der Waals surface area contributed by atoms with Crippen molar-refractivity contribution in [2.75, 3.05) is 48.1 Å². The maximum absolute atomic E-state index is 5.38. The van der Waals surface area contributed by atoms with E-state index in [0.717, 1.165) is 56.4 Å². The number of rotatable bonds is 11. The van der Waals surface area contributed by atoms with Gasteiger partial charge in [-0.15, -0.1) is 0 Å². The van der Waals surface area contributed by atoms with Crippen molar-refractivity contribution in [2.45, 2.75) is 44.9 Å². The second-order valence-corrected chi connectivity index (χ2v) is 7.60. The van der Waals surface area contributed by atoms with Crippen LogP contribution in [0.3, 0.4) is 0 Å². The molecule has 0 unspecified atom stereocenters. The molecule has 0 bridgehead atoms. The van der Waals surface area contributed by atoms with Crippen LogP contribution in [0.15, 0.2) is 23.2 Å². The van der Waals surface area contributed by atoms with Gasteiger partial charge < -0.3 is 24.8 Å². The highest BCUT2D eigenvalue weighted by molar-refractivity contribution is 5.79. The molecule has 2 rings (SSSR count). The highest BCUT2D eigenvalue weighted by atomic mass is 16.5. The number of nitrogens with zero attached hydrogens (tertiary/aromatic N) is 1. The van der Waals surface area contributed by atoms with Gasteiger partial charge in [-0.1, -0.05) is 18.9 Å². The fourth-order valence-corrected chi connectivity index (χ4v) is 3.99. The summed E-state index contributed by atoms with van der Waals surface area (Å²) in [5, 5.41) is 6.98. The van der Waals surface area contributed by atoms with E-state index in [1.165, 1.54) is 31.2 Å². The van der Waals surface area contributed by atoms with Crippen LogP contribution in [0.5, 0.6) is 11.5 Å². The Morgan fingerprint density at radius 3 is 2.46 bits per heavy atom. The quantitative estimate of drug-likeness (QED) is 0.344. The molecule has 6 heteroatoms. The lowest BCUT2D eigenvalue weighted by Crippen LogP contribution is -2.43. The van der Waals surface area contributed by atoms with Crippen LogP contribution in [-0.2, 0) is 11.2 Å². The van der Waals surface area contributed by atoms with E-state index >= 15 is 0 Å². The molecule has 6 nitrogen and oxygen atoms in total. The third kappa shape index (κ3) is 6.59. The molecular weight excluding hydrogens is 354 g/mol. The zero-order valence-corrected chi connectivity index (χ0v) is 18.0. The van der Waals surface area contributed by atoms with Gasteiger partial charge in [0.2, 0.25) is 0 Å². The van der Waals surface area contributed by atoms with Crippen molar-refractivity contribution in [1.82, 2.24) is 10.6 Å². The first kappa shape index (κ1) is 22.3. The molecule has 1 aromatic rings. The van der Waals surface area contributed by atoms with E-state index in [9.17, 15) is 0 Å². The van der Waals surface area contributed by atoms with Crippen LogP contribution in [0, 0.1) is 5.41 Å². The first-order valence-electron chi connectivity index (χ1n) is 10.3. The Bertz CT molecular complexity index is 613. The molecule has 0 atom stereocenters. The van der Waals surface area contributed by atoms with Gasteiger partial charge in [0.1, 0.15) is 0 Å². The first-order valence-corrected chi connectivity index (χ1v) is 10.3. The molecule has 2 N–H and O–H groups in total. The van der Waals surface area contributed by atoms with Crippen LogP contribution in [0.1, 0.15) is 44.1 Å². The normalized spacial score (nSPS) is 16.1. The monoisotopic (exact) mass is 391 g/mol. The number of aliphatic imine (C=N–C) groups is 1. The topological polar surface area (TPSA) is 64.1 Å². The van der Waals surface area contributed by atoms with E-state index in [1.54, 1.807) is 21.3 Å². The van der Waals surface area contributed by atoms with E-state index in [-0.39, 0.29) is 0 Å². The summed E-state index contributed by atoms with van der Waals surface area (Å²) in [7, 11) is 6.95. The van der Waals surface area contributed by atoms with E-state index in [0.29, 0.717) is 5.41 Å². The second-order valence-electron chi connectivity index (χ2n) is 7.60. The molecule has 0 heterocycles. The largest absolute Gasteiger partial charge is 0.493 e. The zero-order valence-electron chi connectivity index (χ0n) is 18.0. The average Bonchev–Trinajstić information content (AvgIpc) is 3.20. The molecule has 1 saturated carbocycles. The summed E-state index contributed by atoms with van der Waals surface area (Å²) in [6.45, 7) is 2.67. The SMILES string of the molecule is CN=C(NCCCc1ccc(OC)c(OC)c1)NCC1(CCOC)CCCC1. The predicted octanol–water partition coefficient (Wildman–Crippen LogP) is 3.40. The van der Waals surface area contributed by atoms with Crippen molar-refractivity contribution in [3.05, 3.63) is 23.8 Å². The van der Waals surface area contributed by atoms with E-state index < -0.39 is 0 Å². The van der Waals surface area contributed by atoms with Gasteiger partial charge in [0.25, 0.3) is 0 Å². The molecule has 0 saturated heterocycles. The highest BCUT2D eigenvalue weighted by Crippen LogP contribution is 2.40. The molecule has 1 fully saturated rings. The summed E-state index contributed by atoms with van der Waals surface area (Å²) in [6.07, 6.45) is 8.31. The van der Waals surface area contributed by atoms with Gasteiger partial charge in [-0.25, -0.2) is 0 Å². The Balaban J connectivity index is 1.75. The zero-order chi connectivity index (χ0) is 20.2. The van der Waals surface area contributed by atoms with E-state index in [1.807, 2.05) is 19.2 Å². The number of nitrogens with one attached hydrogen (secondary N) is 2. The third-order valence-corrected chi connectivity index (χ3v) is 5.74. The number of hydrogen-bond donors (Lipinski definition) is 2. The lowest BCUT2D eigenvalue weighted by molar-refractivity contribution is 0.138. The summed E-state index contributed by atoms with van der Waals surface area (Å²) in [5.41, 5.74) is 1.60. The minimum Gasteiger partial charge on any atom is -0.493 e. The number of aryl methyl sites for hydroxylation is 1. The van der Waals surface area contributed by atoms with Gasteiger partial charge in [-0.2, -0.15) is 0 Å². The fourth-order valence-electron chi connectivity index (χ4n) is 3.99. The van der Waals surface area contributed by atoms with Gasteiger partial charge in [-0.3, -0.25) is 4.99 Å². The van der Waals surface area contributed by atoms with Crippen molar-refractivity contribution >= 4 is 5.96 Å². The number of guanidine groups is 1. The molecular formula is C22H37N3O3. The molecule has 0 radical (unpaired) electrons. The van der Waals surface area contributed by atoms with Crippen molar-refractivity contribution in [3.8, 4) is 11.5 Å². The minimum absolute atomic E-state index is 0.354. The maximum atomic E-state index is 5.38. The molecule has 1 aliphatic rings. The van der Waals surface area contributed by atoms with Crippen molar-refractivity contribution in [2.24, 2.45) is 10.4 Å². The maximum Gasteiger partial charge on any atom is 0.190 e. The van der Waals surface area contributed by atoms with Crippen molar-refractivity contribution in [1.29, 1.82) is 0 Å². The van der Waals surface area contributed by atoms with E-state index in [4.69, 9.17) is 14.2 Å². The molecule has 1 aromatic carbocycles. The van der Waals surface area contributed by atoms with Gasteiger partial charge in [-0.05, 0) is 55.2 Å². The van der Waals surface area contributed by atoms with Crippen LogP contribution in [0.2, 0.25) is 0 Å². The molecule has 0 aromatic heterocycles. The summed E-state index contributed by atoms with van der Waals surface area (Å²) < 4.78 is 16.0. The number of ether oxygens (including phenoxy) is 3. The smallest absolute Gasteiger partial charge is 0.190 e. The van der Waals surface area contributed by atoms with Crippen LogP contribution < -0.4 is 20.1 Å². The van der Waals surface area contributed by atoms with Crippen LogP contribution in [0.4, 0.5) is 0 Å². The van der Waals surface area contributed by atoms with Crippen molar-refractivity contribution < 1.29 is 14.2 Å². The molecule has 0 aliphatic heterocycles. The Morgan fingerprint density at radius 1 is 1.07 bits per heavy atom. The van der Waals surface area contributed by atoms with Crippen LogP contribution >= 0.6 is 0 Å². The van der Waals surface area contributed by atoms with Gasteiger partial charge >= 0.3 is 0 Å². The lowest BCUT2D eigenvalue weighted by atomic mass is 9.83. The second kappa shape index (κ2) is 11.8. The molecule has 158 valence electrons. The third-order valence-electron chi connectivity index (χ3n) is 5.74. The number of benzene rings is 1. The summed E-state index contributed by atoms with van der Waals surface area (Å²) in [4.78, 5) is 4.38. The number of methoxy groups -OCH3 is 3. The standard InChI is InChI=1S/C22H37N3O3/c1-23-21(25-17-22(13-15-26-2)11-5-6-12-22)24-14-7-8-18-9-10-19(27-3)20(16-18)28-4/h9-10,16H,5-8,11-15,17H2,1-4H3,(H2,23,24,25). The van der Waals surface area contributed by atoms with Crippen LogP contribution in [-0.4, -0.2) is 54.0 Å². The van der Waals surface area contributed by atoms with Gasteiger partial charge in [0, 0.05) is 33.9 Å². The fraction of sp³-hybridized carbons (Fsp3) is 0.682. The Hall–Kier alpha value is -1.95. The summed E-state index contributed by atoms with van der Waals surface area (Å²) in [6, 6.07) is 6.10. The molecule has 28 heavy (non-hydrogen) atoms. The van der Waals surface area contributed by atoms with Crippen LogP contribution in [0.25, 0.3) is 0 Å². The summed E-state index contributed by atoms with van der Waals surface area (Å²) in [5.74, 6) is 2.43. The Morgan fingerprint density at radius 2 is 1.82 bits per heavy atom.